The van der Waals surface area contributed by atoms with E-state index in [1.54, 1.807) is 0 Å². The largest absolute Gasteiger partial charge is 0.326 e. The number of anilines is 2. The zero-order valence-electron chi connectivity index (χ0n) is 14.5. The Kier molecular flexibility index (Phi) is 5.42. The minimum Gasteiger partial charge on any atom is -0.326 e. The second kappa shape index (κ2) is 7.13. The van der Waals surface area contributed by atoms with Crippen molar-refractivity contribution >= 4 is 23.2 Å². The van der Waals surface area contributed by atoms with Gasteiger partial charge in [0.15, 0.2) is 0 Å². The first-order valence-electron chi connectivity index (χ1n) is 8.21. The van der Waals surface area contributed by atoms with Gasteiger partial charge in [0.2, 0.25) is 11.8 Å². The quantitative estimate of drug-likeness (QED) is 0.803. The lowest BCUT2D eigenvalue weighted by Gasteiger charge is -2.22. The van der Waals surface area contributed by atoms with Crippen LogP contribution in [0.3, 0.4) is 0 Å². The molecule has 1 heterocycles. The molecule has 1 aromatic carbocycles. The van der Waals surface area contributed by atoms with Crippen molar-refractivity contribution in [3.05, 3.63) is 23.8 Å². The summed E-state index contributed by atoms with van der Waals surface area (Å²) in [6.07, 6.45) is 1.94. The predicted octanol–water partition coefficient (Wildman–Crippen LogP) is 2.92. The number of piperidine rings is 1. The fourth-order valence-corrected chi connectivity index (χ4v) is 2.46. The highest BCUT2D eigenvalue weighted by atomic mass is 16.2. The van der Waals surface area contributed by atoms with E-state index in [1.807, 2.05) is 45.9 Å². The van der Waals surface area contributed by atoms with Gasteiger partial charge >= 0.3 is 0 Å². The van der Waals surface area contributed by atoms with Gasteiger partial charge in [0, 0.05) is 23.3 Å². The average molecular weight is 317 g/mol. The van der Waals surface area contributed by atoms with Crippen molar-refractivity contribution in [2.75, 3.05) is 23.7 Å². The summed E-state index contributed by atoms with van der Waals surface area (Å²) in [4.78, 5) is 24.5. The summed E-state index contributed by atoms with van der Waals surface area (Å²) < 4.78 is 0. The highest BCUT2D eigenvalue weighted by Crippen LogP contribution is 2.24. The summed E-state index contributed by atoms with van der Waals surface area (Å²) in [5.74, 6) is 0.00683. The van der Waals surface area contributed by atoms with Gasteiger partial charge < -0.3 is 16.0 Å². The monoisotopic (exact) mass is 317 g/mol. The SMILES string of the molecule is Cc1ccc(NC(=O)C2CCCNC2)cc1NC(=O)C(C)(C)C. The Hall–Kier alpha value is -1.88. The van der Waals surface area contributed by atoms with Crippen LogP contribution in [0.5, 0.6) is 0 Å². The van der Waals surface area contributed by atoms with Crippen LogP contribution >= 0.6 is 0 Å². The van der Waals surface area contributed by atoms with Gasteiger partial charge in [0.05, 0.1) is 5.92 Å². The summed E-state index contributed by atoms with van der Waals surface area (Å²) in [6.45, 7) is 9.27. The molecule has 1 aliphatic heterocycles. The fourth-order valence-electron chi connectivity index (χ4n) is 2.46. The maximum atomic E-state index is 12.3. The second-order valence-corrected chi connectivity index (χ2v) is 7.27. The molecule has 0 radical (unpaired) electrons. The lowest BCUT2D eigenvalue weighted by molar-refractivity contribution is -0.123. The Morgan fingerprint density at radius 1 is 1.22 bits per heavy atom. The highest BCUT2D eigenvalue weighted by molar-refractivity contribution is 5.97. The lowest BCUT2D eigenvalue weighted by Crippen LogP contribution is -2.37. The van der Waals surface area contributed by atoms with Crippen LogP contribution < -0.4 is 16.0 Å². The van der Waals surface area contributed by atoms with E-state index < -0.39 is 5.41 Å². The molecule has 5 nitrogen and oxygen atoms in total. The maximum absolute atomic E-state index is 12.3. The Balaban J connectivity index is 2.07. The molecule has 1 unspecified atom stereocenters. The van der Waals surface area contributed by atoms with Crippen molar-refractivity contribution in [3.63, 3.8) is 0 Å². The Bertz CT molecular complexity index is 584. The maximum Gasteiger partial charge on any atom is 0.229 e. The normalized spacial score (nSPS) is 18.3. The number of nitrogens with one attached hydrogen (secondary N) is 3. The summed E-state index contributed by atoms with van der Waals surface area (Å²) >= 11 is 0. The van der Waals surface area contributed by atoms with Crippen LogP contribution in [0.15, 0.2) is 18.2 Å². The van der Waals surface area contributed by atoms with Gasteiger partial charge in [-0.25, -0.2) is 0 Å². The third-order valence-electron chi connectivity index (χ3n) is 4.10. The van der Waals surface area contributed by atoms with E-state index in [0.717, 1.165) is 42.9 Å². The average Bonchev–Trinajstić information content (AvgIpc) is 2.50. The number of hydrogen-bond acceptors (Lipinski definition) is 3. The van der Waals surface area contributed by atoms with Gasteiger partial charge in [-0.3, -0.25) is 9.59 Å². The molecule has 0 spiro atoms. The van der Waals surface area contributed by atoms with E-state index in [9.17, 15) is 9.59 Å². The summed E-state index contributed by atoms with van der Waals surface area (Å²) in [5, 5.41) is 9.15. The third-order valence-corrected chi connectivity index (χ3v) is 4.10. The van der Waals surface area contributed by atoms with Crippen molar-refractivity contribution in [1.29, 1.82) is 0 Å². The fraction of sp³-hybridized carbons (Fsp3) is 0.556. The van der Waals surface area contributed by atoms with Gasteiger partial charge in [0.25, 0.3) is 0 Å². The Labute approximate surface area is 138 Å². The number of carbonyl (C=O) groups excluding carboxylic acids is 2. The Morgan fingerprint density at radius 3 is 2.57 bits per heavy atom. The number of amides is 2. The summed E-state index contributed by atoms with van der Waals surface area (Å²) in [5.41, 5.74) is 1.97. The van der Waals surface area contributed by atoms with Crippen LogP contribution in [0.25, 0.3) is 0 Å². The number of hydrogen-bond donors (Lipinski definition) is 3. The topological polar surface area (TPSA) is 70.2 Å². The summed E-state index contributed by atoms with van der Waals surface area (Å²) in [7, 11) is 0. The van der Waals surface area contributed by atoms with Crippen molar-refractivity contribution in [2.45, 2.75) is 40.5 Å². The molecule has 5 heteroatoms. The van der Waals surface area contributed by atoms with Crippen molar-refractivity contribution in [2.24, 2.45) is 11.3 Å². The van der Waals surface area contributed by atoms with E-state index >= 15 is 0 Å². The standard InChI is InChI=1S/C18H27N3O2/c1-12-7-8-14(10-15(12)21-17(23)18(2,3)4)20-16(22)13-6-5-9-19-11-13/h7-8,10,13,19H,5-6,9,11H2,1-4H3,(H,20,22)(H,21,23). The van der Waals surface area contributed by atoms with Crippen molar-refractivity contribution in [1.82, 2.24) is 5.32 Å². The zero-order valence-corrected chi connectivity index (χ0v) is 14.5. The first-order valence-corrected chi connectivity index (χ1v) is 8.21. The van der Waals surface area contributed by atoms with Gasteiger partial charge in [-0.2, -0.15) is 0 Å². The molecule has 1 fully saturated rings. The number of rotatable bonds is 3. The van der Waals surface area contributed by atoms with Crippen molar-refractivity contribution in [3.8, 4) is 0 Å². The molecule has 0 bridgehead atoms. The van der Waals surface area contributed by atoms with Crippen LogP contribution in [0.4, 0.5) is 11.4 Å². The van der Waals surface area contributed by atoms with Crippen LogP contribution in [0, 0.1) is 18.3 Å². The number of aryl methyl sites for hydroxylation is 1. The third kappa shape index (κ3) is 4.79. The molecule has 2 rings (SSSR count). The minimum atomic E-state index is -0.459. The number of carbonyl (C=O) groups is 2. The van der Waals surface area contributed by atoms with E-state index in [-0.39, 0.29) is 17.7 Å². The molecule has 126 valence electrons. The molecule has 3 N–H and O–H groups in total. The van der Waals surface area contributed by atoms with Crippen LogP contribution in [0.2, 0.25) is 0 Å². The molecule has 0 saturated carbocycles. The molecule has 1 aromatic rings. The van der Waals surface area contributed by atoms with E-state index in [0.29, 0.717) is 0 Å². The molecule has 0 aromatic heterocycles. The molecular formula is C18H27N3O2. The molecule has 1 atom stereocenters. The zero-order chi connectivity index (χ0) is 17.0. The molecular weight excluding hydrogens is 290 g/mol. The van der Waals surface area contributed by atoms with Gasteiger partial charge in [0.1, 0.15) is 0 Å². The summed E-state index contributed by atoms with van der Waals surface area (Å²) in [6, 6.07) is 5.61. The molecule has 23 heavy (non-hydrogen) atoms. The lowest BCUT2D eigenvalue weighted by atomic mass is 9.95. The van der Waals surface area contributed by atoms with E-state index in [4.69, 9.17) is 0 Å². The second-order valence-electron chi connectivity index (χ2n) is 7.27. The van der Waals surface area contributed by atoms with Crippen LogP contribution in [0.1, 0.15) is 39.2 Å². The highest BCUT2D eigenvalue weighted by Gasteiger charge is 2.23. The first-order chi connectivity index (χ1) is 10.8. The Morgan fingerprint density at radius 2 is 1.96 bits per heavy atom. The molecule has 0 aliphatic carbocycles. The predicted molar refractivity (Wildman–Crippen MR) is 93.5 cm³/mol. The first kappa shape index (κ1) is 17.5. The van der Waals surface area contributed by atoms with Crippen LogP contribution in [-0.4, -0.2) is 24.9 Å². The smallest absolute Gasteiger partial charge is 0.229 e. The van der Waals surface area contributed by atoms with E-state index in [1.165, 1.54) is 0 Å². The van der Waals surface area contributed by atoms with Gasteiger partial charge in [-0.1, -0.05) is 26.8 Å². The molecule has 1 aliphatic rings. The van der Waals surface area contributed by atoms with E-state index in [2.05, 4.69) is 16.0 Å². The number of benzene rings is 1. The molecule has 2 amide bonds. The molecule has 1 saturated heterocycles. The van der Waals surface area contributed by atoms with Crippen LogP contribution in [-0.2, 0) is 9.59 Å². The van der Waals surface area contributed by atoms with Gasteiger partial charge in [-0.05, 0) is 44.0 Å². The van der Waals surface area contributed by atoms with Gasteiger partial charge in [-0.15, -0.1) is 0 Å². The van der Waals surface area contributed by atoms with Crippen molar-refractivity contribution < 1.29 is 9.59 Å². The minimum absolute atomic E-state index is 0.0117.